The van der Waals surface area contributed by atoms with Gasteiger partial charge in [-0.15, -0.1) is 0 Å². The van der Waals surface area contributed by atoms with E-state index in [4.69, 9.17) is 10.4 Å². The minimum Gasteiger partial charge on any atom is -0.396 e. The molecular formula is C14H27N3O. The molecule has 0 radical (unpaired) electrons. The van der Waals surface area contributed by atoms with Crippen molar-refractivity contribution in [2.45, 2.75) is 45.1 Å². The van der Waals surface area contributed by atoms with Crippen LogP contribution in [0.15, 0.2) is 0 Å². The van der Waals surface area contributed by atoms with Crippen LogP contribution >= 0.6 is 0 Å². The summed E-state index contributed by atoms with van der Waals surface area (Å²) >= 11 is 0. The zero-order valence-corrected chi connectivity index (χ0v) is 11.6. The Kier molecular flexibility index (Phi) is 7.99. The van der Waals surface area contributed by atoms with Gasteiger partial charge in [0.15, 0.2) is 0 Å². The van der Waals surface area contributed by atoms with Gasteiger partial charge in [-0.25, -0.2) is 0 Å². The number of hydrogen-bond acceptors (Lipinski definition) is 4. The quantitative estimate of drug-likeness (QED) is 0.665. The number of nitrogens with zero attached hydrogens (tertiary/aromatic N) is 3. The molecule has 1 aliphatic heterocycles. The molecule has 1 aliphatic rings. The van der Waals surface area contributed by atoms with E-state index < -0.39 is 0 Å². The van der Waals surface area contributed by atoms with E-state index >= 15 is 0 Å². The maximum Gasteiger partial charge on any atom is 0.0978 e. The number of unbranched alkanes of at least 4 members (excludes halogenated alkanes) is 2. The number of aliphatic hydroxyl groups excluding tert-OH is 1. The molecule has 18 heavy (non-hydrogen) atoms. The molecule has 1 rings (SSSR count). The maximum absolute atomic E-state index is 9.15. The molecule has 0 aliphatic carbocycles. The molecule has 1 saturated heterocycles. The van der Waals surface area contributed by atoms with Crippen molar-refractivity contribution in [2.75, 3.05) is 39.3 Å². The third-order valence-corrected chi connectivity index (χ3v) is 3.69. The monoisotopic (exact) mass is 253 g/mol. The minimum absolute atomic E-state index is 0.117. The second-order valence-corrected chi connectivity index (χ2v) is 5.10. The van der Waals surface area contributed by atoms with Crippen molar-refractivity contribution in [1.82, 2.24) is 9.80 Å². The zero-order chi connectivity index (χ0) is 13.2. The van der Waals surface area contributed by atoms with Gasteiger partial charge in [-0.2, -0.15) is 5.26 Å². The van der Waals surface area contributed by atoms with Gasteiger partial charge in [0, 0.05) is 32.8 Å². The highest BCUT2D eigenvalue weighted by Crippen LogP contribution is 2.11. The summed E-state index contributed by atoms with van der Waals surface area (Å²) in [5.41, 5.74) is 0. The summed E-state index contributed by atoms with van der Waals surface area (Å²) in [6.07, 6.45) is 5.30. The minimum atomic E-state index is 0.117. The average Bonchev–Trinajstić information content (AvgIpc) is 2.42. The molecule has 0 aromatic carbocycles. The van der Waals surface area contributed by atoms with Crippen molar-refractivity contribution < 1.29 is 5.11 Å². The predicted octanol–water partition coefficient (Wildman–Crippen LogP) is 1.46. The van der Waals surface area contributed by atoms with Gasteiger partial charge in [0.2, 0.25) is 0 Å². The molecule has 4 heteroatoms. The van der Waals surface area contributed by atoms with Crippen LogP contribution in [0, 0.1) is 11.3 Å². The summed E-state index contributed by atoms with van der Waals surface area (Å²) in [4.78, 5) is 4.81. The Hall–Kier alpha value is -0.630. The van der Waals surface area contributed by atoms with E-state index in [1.807, 2.05) is 0 Å². The average molecular weight is 253 g/mol. The van der Waals surface area contributed by atoms with Crippen LogP contribution < -0.4 is 0 Å². The van der Waals surface area contributed by atoms with Crippen molar-refractivity contribution in [3.8, 4) is 6.07 Å². The van der Waals surface area contributed by atoms with Gasteiger partial charge in [0.1, 0.15) is 0 Å². The Morgan fingerprint density at radius 1 is 1.17 bits per heavy atom. The summed E-state index contributed by atoms with van der Waals surface area (Å²) in [5, 5.41) is 17.9. The van der Waals surface area contributed by atoms with Crippen molar-refractivity contribution in [1.29, 1.82) is 5.26 Å². The molecule has 4 nitrogen and oxygen atoms in total. The van der Waals surface area contributed by atoms with Crippen molar-refractivity contribution in [3.63, 3.8) is 0 Å². The van der Waals surface area contributed by atoms with E-state index in [1.165, 1.54) is 6.42 Å². The number of hydrogen-bond donors (Lipinski definition) is 1. The first-order valence-electron chi connectivity index (χ1n) is 7.28. The van der Waals surface area contributed by atoms with Gasteiger partial charge < -0.3 is 10.0 Å². The Morgan fingerprint density at radius 3 is 2.44 bits per heavy atom. The summed E-state index contributed by atoms with van der Waals surface area (Å²) < 4.78 is 0. The number of piperazine rings is 1. The van der Waals surface area contributed by atoms with Crippen LogP contribution in [0.5, 0.6) is 0 Å². The Bertz CT molecular complexity index is 244. The Balaban J connectivity index is 2.17. The molecule has 1 heterocycles. The van der Waals surface area contributed by atoms with Gasteiger partial charge in [-0.3, -0.25) is 4.90 Å². The van der Waals surface area contributed by atoms with E-state index in [0.717, 1.165) is 58.4 Å². The SMILES string of the molecule is CCCC(C#N)N1CCN(CCCCCO)CC1. The molecule has 0 aromatic heterocycles. The van der Waals surface area contributed by atoms with Crippen LogP contribution in [0.2, 0.25) is 0 Å². The van der Waals surface area contributed by atoms with Crippen molar-refractivity contribution in [2.24, 2.45) is 0 Å². The van der Waals surface area contributed by atoms with Crippen LogP contribution in [0.1, 0.15) is 39.0 Å². The standard InChI is InChI=1S/C14H27N3O/c1-2-6-14(13-15)17-10-8-16(9-11-17)7-4-3-5-12-18/h14,18H,2-12H2,1H3. The molecule has 0 bridgehead atoms. The first-order valence-corrected chi connectivity index (χ1v) is 7.28. The third kappa shape index (κ3) is 5.34. The lowest BCUT2D eigenvalue weighted by Crippen LogP contribution is -2.50. The smallest absolute Gasteiger partial charge is 0.0978 e. The van der Waals surface area contributed by atoms with E-state index in [2.05, 4.69) is 22.8 Å². The second-order valence-electron chi connectivity index (χ2n) is 5.10. The lowest BCUT2D eigenvalue weighted by molar-refractivity contribution is 0.109. The molecule has 0 spiro atoms. The normalized spacial score (nSPS) is 19.6. The lowest BCUT2D eigenvalue weighted by atomic mass is 10.1. The number of rotatable bonds is 8. The molecule has 0 aromatic rings. The summed E-state index contributed by atoms with van der Waals surface area (Å²) in [5.74, 6) is 0. The van der Waals surface area contributed by atoms with E-state index in [9.17, 15) is 0 Å². The molecule has 0 amide bonds. The van der Waals surface area contributed by atoms with Gasteiger partial charge in [0.25, 0.3) is 0 Å². The maximum atomic E-state index is 9.15. The Labute approximate surface area is 111 Å². The van der Waals surface area contributed by atoms with E-state index in [-0.39, 0.29) is 6.04 Å². The van der Waals surface area contributed by atoms with Crippen LogP contribution in [-0.2, 0) is 0 Å². The van der Waals surface area contributed by atoms with Crippen LogP contribution in [0.3, 0.4) is 0 Å². The largest absolute Gasteiger partial charge is 0.396 e. The Morgan fingerprint density at radius 2 is 1.89 bits per heavy atom. The molecule has 0 saturated carbocycles. The van der Waals surface area contributed by atoms with E-state index in [1.54, 1.807) is 0 Å². The summed E-state index contributed by atoms with van der Waals surface area (Å²) in [6, 6.07) is 2.54. The van der Waals surface area contributed by atoms with Crippen LogP contribution in [0.25, 0.3) is 0 Å². The highest BCUT2D eigenvalue weighted by atomic mass is 16.2. The second kappa shape index (κ2) is 9.32. The summed E-state index contributed by atoms with van der Waals surface area (Å²) in [7, 11) is 0. The van der Waals surface area contributed by atoms with Crippen molar-refractivity contribution in [3.05, 3.63) is 0 Å². The van der Waals surface area contributed by atoms with Gasteiger partial charge in [0.05, 0.1) is 12.1 Å². The van der Waals surface area contributed by atoms with Gasteiger partial charge in [-0.05, 0) is 32.2 Å². The molecule has 1 unspecified atom stereocenters. The van der Waals surface area contributed by atoms with Crippen molar-refractivity contribution >= 4 is 0 Å². The first kappa shape index (κ1) is 15.4. The lowest BCUT2D eigenvalue weighted by Gasteiger charge is -2.36. The fourth-order valence-corrected chi connectivity index (χ4v) is 2.52. The fraction of sp³-hybridized carbons (Fsp3) is 0.929. The number of aliphatic hydroxyl groups is 1. The number of nitriles is 1. The van der Waals surface area contributed by atoms with Crippen LogP contribution in [0.4, 0.5) is 0 Å². The molecule has 104 valence electrons. The summed E-state index contributed by atoms with van der Waals surface area (Å²) in [6.45, 7) is 7.81. The predicted molar refractivity (Wildman–Crippen MR) is 73.3 cm³/mol. The third-order valence-electron chi connectivity index (χ3n) is 3.69. The van der Waals surface area contributed by atoms with E-state index in [0.29, 0.717) is 6.61 Å². The molecule has 1 N–H and O–H groups in total. The molecule has 1 fully saturated rings. The highest BCUT2D eigenvalue weighted by molar-refractivity contribution is 4.93. The fourth-order valence-electron chi connectivity index (χ4n) is 2.52. The van der Waals surface area contributed by atoms with Gasteiger partial charge >= 0.3 is 0 Å². The molecular weight excluding hydrogens is 226 g/mol. The first-order chi connectivity index (χ1) is 8.81. The van der Waals surface area contributed by atoms with Crippen LogP contribution in [-0.4, -0.2) is 60.3 Å². The highest BCUT2D eigenvalue weighted by Gasteiger charge is 2.22. The van der Waals surface area contributed by atoms with Gasteiger partial charge in [-0.1, -0.05) is 13.3 Å². The zero-order valence-electron chi connectivity index (χ0n) is 11.6. The molecule has 1 atom stereocenters. The topological polar surface area (TPSA) is 50.5 Å².